The second-order valence-corrected chi connectivity index (χ2v) is 4.50. The monoisotopic (exact) mass is 330 g/mol. The maximum atomic E-state index is 11.7. The second kappa shape index (κ2) is 4.36. The zero-order valence-electron chi connectivity index (χ0n) is 8.99. The highest BCUT2D eigenvalue weighted by atomic mass is 127. The molecule has 0 saturated heterocycles. The van der Waals surface area contributed by atoms with Gasteiger partial charge in [0.15, 0.2) is 5.82 Å². The summed E-state index contributed by atoms with van der Waals surface area (Å²) < 4.78 is 2.48. The Hall–Kier alpha value is -1.18. The summed E-state index contributed by atoms with van der Waals surface area (Å²) in [7, 11) is 1.87. The van der Waals surface area contributed by atoms with Gasteiger partial charge in [-0.05, 0) is 29.0 Å². The predicted molar refractivity (Wildman–Crippen MR) is 69.2 cm³/mol. The van der Waals surface area contributed by atoms with Crippen LogP contribution in [0.4, 0.5) is 0 Å². The van der Waals surface area contributed by atoms with E-state index in [1.54, 1.807) is 12.5 Å². The molecular weight excluding hydrogens is 319 g/mol. The molecule has 2 rings (SSSR count). The van der Waals surface area contributed by atoms with Crippen molar-refractivity contribution < 1.29 is 0 Å². The highest BCUT2D eigenvalue weighted by Crippen LogP contribution is 2.14. The number of aromatic nitrogens is 4. The summed E-state index contributed by atoms with van der Waals surface area (Å²) in [4.78, 5) is 22.9. The average molecular weight is 330 g/mol. The van der Waals surface area contributed by atoms with E-state index in [2.05, 4.69) is 15.0 Å². The number of aryl methyl sites for hydroxylation is 2. The van der Waals surface area contributed by atoms with Crippen molar-refractivity contribution in [3.63, 3.8) is 0 Å². The number of imidazole rings is 1. The molecule has 1 N–H and O–H groups in total. The molecule has 0 fully saturated rings. The summed E-state index contributed by atoms with van der Waals surface area (Å²) in [5.74, 6) is 0.572. The van der Waals surface area contributed by atoms with Gasteiger partial charge in [-0.1, -0.05) is 6.92 Å². The van der Waals surface area contributed by atoms with Crippen molar-refractivity contribution >= 4 is 22.6 Å². The minimum atomic E-state index is -0.0938. The third-order valence-corrected chi connectivity index (χ3v) is 3.44. The Kier molecular flexibility index (Phi) is 3.08. The Morgan fingerprint density at radius 2 is 2.31 bits per heavy atom. The van der Waals surface area contributed by atoms with Gasteiger partial charge in [0.05, 0.1) is 21.8 Å². The molecule has 0 aliphatic carbocycles. The van der Waals surface area contributed by atoms with Crippen molar-refractivity contribution in [2.75, 3.05) is 0 Å². The van der Waals surface area contributed by atoms with E-state index in [0.29, 0.717) is 9.39 Å². The number of aromatic amines is 1. The first-order valence-corrected chi connectivity index (χ1v) is 5.96. The molecule has 0 atom stereocenters. The largest absolute Gasteiger partial charge is 0.331 e. The molecule has 5 nitrogen and oxygen atoms in total. The van der Waals surface area contributed by atoms with E-state index >= 15 is 0 Å². The van der Waals surface area contributed by atoms with Gasteiger partial charge in [-0.2, -0.15) is 0 Å². The van der Waals surface area contributed by atoms with Gasteiger partial charge >= 0.3 is 0 Å². The van der Waals surface area contributed by atoms with Gasteiger partial charge in [-0.3, -0.25) is 4.79 Å². The molecule has 2 aromatic heterocycles. The van der Waals surface area contributed by atoms with Crippen molar-refractivity contribution in [3.05, 3.63) is 32.1 Å². The summed E-state index contributed by atoms with van der Waals surface area (Å²) in [5, 5.41) is 0. The SMILES string of the molecule is CCc1nc(-c2cncn2C)[nH]c(=O)c1I. The first-order valence-electron chi connectivity index (χ1n) is 4.89. The van der Waals surface area contributed by atoms with Crippen LogP contribution >= 0.6 is 22.6 Å². The summed E-state index contributed by atoms with van der Waals surface area (Å²) in [6, 6.07) is 0. The van der Waals surface area contributed by atoms with Crippen LogP contribution in [0, 0.1) is 3.57 Å². The summed E-state index contributed by atoms with van der Waals surface area (Å²) in [6.07, 6.45) is 4.11. The number of hydrogen-bond acceptors (Lipinski definition) is 3. The summed E-state index contributed by atoms with van der Waals surface area (Å²) in [5.41, 5.74) is 1.53. The van der Waals surface area contributed by atoms with Gasteiger partial charge in [-0.25, -0.2) is 9.97 Å². The minimum Gasteiger partial charge on any atom is -0.331 e. The number of nitrogens with zero attached hydrogens (tertiary/aromatic N) is 3. The van der Waals surface area contributed by atoms with Crippen molar-refractivity contribution in [1.82, 2.24) is 19.5 Å². The van der Waals surface area contributed by atoms with E-state index in [4.69, 9.17) is 0 Å². The lowest BCUT2D eigenvalue weighted by atomic mass is 10.3. The van der Waals surface area contributed by atoms with Gasteiger partial charge in [0.25, 0.3) is 5.56 Å². The zero-order chi connectivity index (χ0) is 11.7. The van der Waals surface area contributed by atoms with Crippen molar-refractivity contribution in [2.24, 2.45) is 7.05 Å². The summed E-state index contributed by atoms with van der Waals surface area (Å²) in [6.45, 7) is 1.98. The molecule has 6 heteroatoms. The molecule has 0 bridgehead atoms. The van der Waals surface area contributed by atoms with Gasteiger partial charge in [0, 0.05) is 7.05 Å². The van der Waals surface area contributed by atoms with Crippen molar-refractivity contribution in [1.29, 1.82) is 0 Å². The van der Waals surface area contributed by atoms with E-state index < -0.39 is 0 Å². The van der Waals surface area contributed by atoms with Crippen LogP contribution in [-0.4, -0.2) is 19.5 Å². The number of halogens is 1. The summed E-state index contributed by atoms with van der Waals surface area (Å²) >= 11 is 2.02. The third kappa shape index (κ3) is 1.89. The fourth-order valence-electron chi connectivity index (χ4n) is 1.45. The van der Waals surface area contributed by atoms with Crippen LogP contribution in [0.3, 0.4) is 0 Å². The van der Waals surface area contributed by atoms with Crippen LogP contribution in [0.1, 0.15) is 12.6 Å². The van der Waals surface area contributed by atoms with Crippen LogP contribution < -0.4 is 5.56 Å². The van der Waals surface area contributed by atoms with Crippen molar-refractivity contribution in [3.8, 4) is 11.5 Å². The number of rotatable bonds is 2. The minimum absolute atomic E-state index is 0.0938. The molecule has 0 unspecified atom stereocenters. The van der Waals surface area contributed by atoms with E-state index in [1.165, 1.54) is 0 Å². The molecule has 0 radical (unpaired) electrons. The third-order valence-electron chi connectivity index (χ3n) is 2.33. The number of nitrogens with one attached hydrogen (secondary N) is 1. The highest BCUT2D eigenvalue weighted by Gasteiger charge is 2.10. The lowest BCUT2D eigenvalue weighted by molar-refractivity contribution is 0.892. The molecule has 0 amide bonds. The highest BCUT2D eigenvalue weighted by molar-refractivity contribution is 14.1. The van der Waals surface area contributed by atoms with E-state index in [0.717, 1.165) is 17.8 Å². The van der Waals surface area contributed by atoms with Crippen LogP contribution in [-0.2, 0) is 13.5 Å². The van der Waals surface area contributed by atoms with Gasteiger partial charge in [0.1, 0.15) is 5.69 Å². The fourth-order valence-corrected chi connectivity index (χ4v) is 2.08. The molecule has 16 heavy (non-hydrogen) atoms. The average Bonchev–Trinajstić information content (AvgIpc) is 2.68. The standard InChI is InChI=1S/C10H11IN4O/c1-3-6-8(11)10(16)14-9(13-6)7-4-12-5-15(7)2/h4-5H,3H2,1-2H3,(H,13,14,16). The molecule has 0 spiro atoms. The van der Waals surface area contributed by atoms with E-state index in [-0.39, 0.29) is 5.56 Å². The lowest BCUT2D eigenvalue weighted by Crippen LogP contribution is -2.16. The Labute approximate surface area is 106 Å². The van der Waals surface area contributed by atoms with Gasteiger partial charge < -0.3 is 9.55 Å². The molecule has 0 aromatic carbocycles. The molecule has 0 aliphatic rings. The Bertz CT molecular complexity index is 572. The van der Waals surface area contributed by atoms with E-state index in [1.807, 2.05) is 41.1 Å². The van der Waals surface area contributed by atoms with Gasteiger partial charge in [0.2, 0.25) is 0 Å². The molecule has 0 saturated carbocycles. The first-order chi connectivity index (χ1) is 7.63. The number of H-pyrrole nitrogens is 1. The molecule has 2 heterocycles. The van der Waals surface area contributed by atoms with Crippen LogP contribution in [0.15, 0.2) is 17.3 Å². The molecular formula is C10H11IN4O. The molecule has 0 aliphatic heterocycles. The number of hydrogen-bond donors (Lipinski definition) is 1. The van der Waals surface area contributed by atoms with E-state index in [9.17, 15) is 4.79 Å². The second-order valence-electron chi connectivity index (χ2n) is 3.42. The maximum Gasteiger partial charge on any atom is 0.264 e. The fraction of sp³-hybridized carbons (Fsp3) is 0.300. The Morgan fingerprint density at radius 3 is 2.88 bits per heavy atom. The van der Waals surface area contributed by atoms with Crippen LogP contribution in [0.5, 0.6) is 0 Å². The molecule has 84 valence electrons. The topological polar surface area (TPSA) is 63.6 Å². The van der Waals surface area contributed by atoms with Gasteiger partial charge in [-0.15, -0.1) is 0 Å². The quantitative estimate of drug-likeness (QED) is 0.845. The van der Waals surface area contributed by atoms with Crippen LogP contribution in [0.2, 0.25) is 0 Å². The predicted octanol–water partition coefficient (Wildman–Crippen LogP) is 1.34. The van der Waals surface area contributed by atoms with Crippen LogP contribution in [0.25, 0.3) is 11.5 Å². The smallest absolute Gasteiger partial charge is 0.264 e. The normalized spacial score (nSPS) is 10.7. The first kappa shape index (κ1) is 11.3. The zero-order valence-corrected chi connectivity index (χ0v) is 11.1. The van der Waals surface area contributed by atoms with Crippen molar-refractivity contribution in [2.45, 2.75) is 13.3 Å². The Balaban J connectivity index is 2.64. The lowest BCUT2D eigenvalue weighted by Gasteiger charge is -2.05. The molecule has 2 aromatic rings. The Morgan fingerprint density at radius 1 is 1.56 bits per heavy atom. The maximum absolute atomic E-state index is 11.7.